The van der Waals surface area contributed by atoms with Crippen LogP contribution >= 0.6 is 0 Å². The van der Waals surface area contributed by atoms with Gasteiger partial charge in [-0.1, -0.05) is 80.6 Å². The molecular formula is C32H34N2O2. The molecular weight excluding hydrogens is 444 g/mol. The monoisotopic (exact) mass is 478 g/mol. The average molecular weight is 479 g/mol. The lowest BCUT2D eigenvalue weighted by atomic mass is 9.78. The zero-order valence-corrected chi connectivity index (χ0v) is 21.4. The Morgan fingerprint density at radius 3 is 2.19 bits per heavy atom. The van der Waals surface area contributed by atoms with Gasteiger partial charge in [0.1, 0.15) is 12.5 Å². The highest BCUT2D eigenvalue weighted by Gasteiger charge is 2.38. The number of nitrogens with zero attached hydrogens (tertiary/aromatic N) is 2. The fourth-order valence-corrected chi connectivity index (χ4v) is 5.53. The fourth-order valence-electron chi connectivity index (χ4n) is 5.53. The lowest BCUT2D eigenvalue weighted by Crippen LogP contribution is -2.51. The first-order chi connectivity index (χ1) is 17.4. The van der Waals surface area contributed by atoms with Gasteiger partial charge in [-0.3, -0.25) is 0 Å². The topological polar surface area (TPSA) is 24.9 Å². The van der Waals surface area contributed by atoms with E-state index in [2.05, 4.69) is 116 Å². The molecule has 0 aromatic heterocycles. The Hall–Kier alpha value is -3.50. The molecule has 2 aliphatic heterocycles. The van der Waals surface area contributed by atoms with E-state index >= 15 is 0 Å². The Morgan fingerprint density at radius 2 is 1.47 bits per heavy atom. The summed E-state index contributed by atoms with van der Waals surface area (Å²) in [6, 6.07) is 26.2. The summed E-state index contributed by atoms with van der Waals surface area (Å²) in [6.07, 6.45) is 8.67. The number of benzene rings is 3. The molecule has 3 aliphatic rings. The van der Waals surface area contributed by atoms with Crippen LogP contribution in [0.3, 0.4) is 0 Å². The van der Waals surface area contributed by atoms with Crippen molar-refractivity contribution in [2.75, 3.05) is 29.8 Å². The van der Waals surface area contributed by atoms with Crippen molar-refractivity contribution < 1.29 is 9.47 Å². The minimum Gasteiger partial charge on any atom is -0.473 e. The molecule has 2 atom stereocenters. The third-order valence-electron chi connectivity index (χ3n) is 8.18. The second-order valence-corrected chi connectivity index (χ2v) is 10.8. The van der Waals surface area contributed by atoms with Gasteiger partial charge in [-0.15, -0.1) is 0 Å². The molecule has 1 fully saturated rings. The van der Waals surface area contributed by atoms with E-state index in [1.54, 1.807) is 0 Å². The number of fused-ring (bicyclic) bond motifs is 2. The molecule has 36 heavy (non-hydrogen) atoms. The Balaban J connectivity index is 1.16. The second-order valence-electron chi connectivity index (χ2n) is 10.8. The predicted molar refractivity (Wildman–Crippen MR) is 147 cm³/mol. The number of ether oxygens (including phenoxy) is 2. The number of allylic oxidation sites excluding steroid dienone is 2. The SMILES string of the molecule is CC(C)(c1ccc(N2COc3ccccc3C2)cc1)c1ccc(N2COC3(C)C=CC=CC3C2)cc1. The summed E-state index contributed by atoms with van der Waals surface area (Å²) in [5.41, 5.74) is 5.93. The molecule has 0 spiro atoms. The summed E-state index contributed by atoms with van der Waals surface area (Å²) in [6.45, 7) is 9.80. The van der Waals surface area contributed by atoms with Crippen molar-refractivity contribution in [2.45, 2.75) is 38.3 Å². The molecule has 0 radical (unpaired) electrons. The summed E-state index contributed by atoms with van der Waals surface area (Å²) in [5.74, 6) is 1.36. The summed E-state index contributed by atoms with van der Waals surface area (Å²) in [4.78, 5) is 4.61. The van der Waals surface area contributed by atoms with E-state index in [0.717, 1.165) is 18.8 Å². The Morgan fingerprint density at radius 1 is 0.806 bits per heavy atom. The van der Waals surface area contributed by atoms with Crippen LogP contribution in [0.4, 0.5) is 11.4 Å². The van der Waals surface area contributed by atoms with Crippen LogP contribution < -0.4 is 14.5 Å². The molecule has 6 rings (SSSR count). The molecule has 184 valence electrons. The van der Waals surface area contributed by atoms with Gasteiger partial charge in [0, 0.05) is 41.4 Å². The van der Waals surface area contributed by atoms with Gasteiger partial charge in [0.25, 0.3) is 0 Å². The minimum atomic E-state index is -0.191. The van der Waals surface area contributed by atoms with Gasteiger partial charge in [0.05, 0.1) is 5.60 Å². The van der Waals surface area contributed by atoms with Crippen molar-refractivity contribution in [2.24, 2.45) is 5.92 Å². The zero-order chi connectivity index (χ0) is 24.8. The van der Waals surface area contributed by atoms with Crippen LogP contribution in [0.25, 0.3) is 0 Å². The summed E-state index contributed by atoms with van der Waals surface area (Å²) in [7, 11) is 0. The maximum Gasteiger partial charge on any atom is 0.161 e. The number of rotatable bonds is 4. The molecule has 1 saturated heterocycles. The third kappa shape index (κ3) is 4.10. The molecule has 3 aromatic rings. The van der Waals surface area contributed by atoms with Crippen LogP contribution in [-0.2, 0) is 16.7 Å². The minimum absolute atomic E-state index is 0.101. The fraction of sp³-hybridized carbons (Fsp3) is 0.312. The van der Waals surface area contributed by atoms with Crippen LogP contribution in [-0.4, -0.2) is 25.6 Å². The highest BCUT2D eigenvalue weighted by molar-refractivity contribution is 5.54. The van der Waals surface area contributed by atoms with E-state index in [1.807, 2.05) is 12.1 Å². The Labute approximate surface area is 214 Å². The molecule has 2 unspecified atom stereocenters. The van der Waals surface area contributed by atoms with Crippen molar-refractivity contribution in [1.82, 2.24) is 0 Å². The van der Waals surface area contributed by atoms with Crippen molar-refractivity contribution >= 4 is 11.4 Å². The van der Waals surface area contributed by atoms with Gasteiger partial charge in [0.2, 0.25) is 0 Å². The van der Waals surface area contributed by atoms with E-state index in [9.17, 15) is 0 Å². The molecule has 3 aromatic carbocycles. The van der Waals surface area contributed by atoms with Gasteiger partial charge in [-0.05, 0) is 48.4 Å². The second kappa shape index (κ2) is 8.86. The quantitative estimate of drug-likeness (QED) is 0.418. The van der Waals surface area contributed by atoms with Gasteiger partial charge < -0.3 is 19.3 Å². The van der Waals surface area contributed by atoms with E-state index in [4.69, 9.17) is 9.47 Å². The molecule has 0 saturated carbocycles. The standard InChI is InChI=1S/C32H34N2O2/c1-31(2,25-11-15-28(16-12-25)33-20-24-8-4-5-10-30(24)35-22-33)26-13-17-29(18-14-26)34-21-27-9-6-7-19-32(27,3)36-23-34/h4-19,27H,20-23H2,1-3H3. The maximum atomic E-state index is 6.26. The molecule has 4 nitrogen and oxygen atoms in total. The molecule has 0 bridgehead atoms. The predicted octanol–water partition coefficient (Wildman–Crippen LogP) is 6.66. The van der Waals surface area contributed by atoms with E-state index in [-0.39, 0.29) is 11.0 Å². The van der Waals surface area contributed by atoms with E-state index in [1.165, 1.54) is 28.1 Å². The highest BCUT2D eigenvalue weighted by Crippen LogP contribution is 2.37. The van der Waals surface area contributed by atoms with Gasteiger partial charge in [-0.2, -0.15) is 0 Å². The van der Waals surface area contributed by atoms with Crippen molar-refractivity contribution in [3.05, 3.63) is 114 Å². The van der Waals surface area contributed by atoms with Crippen molar-refractivity contribution in [1.29, 1.82) is 0 Å². The first-order valence-corrected chi connectivity index (χ1v) is 12.8. The smallest absolute Gasteiger partial charge is 0.161 e. The largest absolute Gasteiger partial charge is 0.473 e. The lowest BCUT2D eigenvalue weighted by Gasteiger charge is -2.45. The van der Waals surface area contributed by atoms with Crippen LogP contribution in [0.1, 0.15) is 37.5 Å². The van der Waals surface area contributed by atoms with Crippen LogP contribution in [0.5, 0.6) is 5.75 Å². The average Bonchev–Trinajstić information content (AvgIpc) is 2.92. The Bertz CT molecular complexity index is 1290. The molecule has 1 aliphatic carbocycles. The van der Waals surface area contributed by atoms with E-state index < -0.39 is 0 Å². The maximum absolute atomic E-state index is 6.26. The van der Waals surface area contributed by atoms with Crippen molar-refractivity contribution in [3.8, 4) is 5.75 Å². The number of hydrogen-bond donors (Lipinski definition) is 0. The first-order valence-electron chi connectivity index (χ1n) is 12.8. The highest BCUT2D eigenvalue weighted by atomic mass is 16.5. The summed E-state index contributed by atoms with van der Waals surface area (Å²) in [5, 5.41) is 0. The lowest BCUT2D eigenvalue weighted by molar-refractivity contribution is -0.0482. The molecule has 0 amide bonds. The van der Waals surface area contributed by atoms with Gasteiger partial charge in [-0.25, -0.2) is 0 Å². The van der Waals surface area contributed by atoms with Crippen molar-refractivity contribution in [3.63, 3.8) is 0 Å². The number of anilines is 2. The van der Waals surface area contributed by atoms with Gasteiger partial charge >= 0.3 is 0 Å². The first kappa shape index (κ1) is 22.9. The normalized spacial score (nSPS) is 23.1. The van der Waals surface area contributed by atoms with Gasteiger partial charge in [0.15, 0.2) is 6.73 Å². The molecule has 0 N–H and O–H groups in total. The van der Waals surface area contributed by atoms with Crippen LogP contribution in [0, 0.1) is 5.92 Å². The Kier molecular flexibility index (Phi) is 5.65. The summed E-state index contributed by atoms with van der Waals surface area (Å²) < 4.78 is 12.2. The molecule has 2 heterocycles. The third-order valence-corrected chi connectivity index (χ3v) is 8.18. The van der Waals surface area contributed by atoms with Crippen LogP contribution in [0.15, 0.2) is 97.1 Å². The zero-order valence-electron chi connectivity index (χ0n) is 21.4. The molecule has 4 heteroatoms. The van der Waals surface area contributed by atoms with Crippen LogP contribution in [0.2, 0.25) is 0 Å². The number of para-hydroxylation sites is 1. The summed E-state index contributed by atoms with van der Waals surface area (Å²) >= 11 is 0. The number of hydrogen-bond acceptors (Lipinski definition) is 4. The van der Waals surface area contributed by atoms with E-state index in [0.29, 0.717) is 19.4 Å².